The molecule has 2 heterocycles. The maximum absolute atomic E-state index is 4.64. The van der Waals surface area contributed by atoms with Gasteiger partial charge in [0.2, 0.25) is 0 Å². The highest BCUT2D eigenvalue weighted by Gasteiger charge is 2.26. The lowest BCUT2D eigenvalue weighted by Crippen LogP contribution is -1.77. The predicted molar refractivity (Wildman–Crippen MR) is 57.4 cm³/mol. The molecule has 0 radical (unpaired) electrons. The van der Waals surface area contributed by atoms with Gasteiger partial charge in [-0.2, -0.15) is 11.3 Å². The lowest BCUT2D eigenvalue weighted by atomic mass is 10.3. The van der Waals surface area contributed by atoms with Gasteiger partial charge in [-0.1, -0.05) is 0 Å². The summed E-state index contributed by atoms with van der Waals surface area (Å²) in [7, 11) is 0. The molecule has 0 N–H and O–H groups in total. The molecule has 0 spiro atoms. The monoisotopic (exact) mass is 207 g/mol. The van der Waals surface area contributed by atoms with Gasteiger partial charge in [0.05, 0.1) is 5.69 Å². The van der Waals surface area contributed by atoms with Crippen molar-refractivity contribution in [2.24, 2.45) is 0 Å². The van der Waals surface area contributed by atoms with Crippen LogP contribution in [-0.4, -0.2) is 4.98 Å². The van der Waals surface area contributed by atoms with Crippen molar-refractivity contribution in [1.29, 1.82) is 0 Å². The number of rotatable bonds is 2. The van der Waals surface area contributed by atoms with Crippen molar-refractivity contribution in [3.8, 4) is 10.6 Å². The van der Waals surface area contributed by atoms with E-state index in [2.05, 4.69) is 27.2 Å². The molecule has 3 rings (SSSR count). The first kappa shape index (κ1) is 7.71. The number of nitrogens with zero attached hydrogens (tertiary/aromatic N) is 1. The largest absolute Gasteiger partial charge is 0.241 e. The Morgan fingerprint density at radius 3 is 2.92 bits per heavy atom. The van der Waals surface area contributed by atoms with Crippen LogP contribution in [0.1, 0.15) is 24.5 Å². The van der Waals surface area contributed by atoms with E-state index in [0.29, 0.717) is 0 Å². The fourth-order valence-electron chi connectivity index (χ4n) is 1.37. The zero-order valence-corrected chi connectivity index (χ0v) is 8.70. The van der Waals surface area contributed by atoms with Crippen LogP contribution in [0.25, 0.3) is 10.6 Å². The summed E-state index contributed by atoms with van der Waals surface area (Å²) in [5.41, 5.74) is 2.59. The first-order chi connectivity index (χ1) is 6.43. The average molecular weight is 207 g/mol. The van der Waals surface area contributed by atoms with Crippen molar-refractivity contribution in [2.45, 2.75) is 18.8 Å². The van der Waals surface area contributed by atoms with Crippen LogP contribution >= 0.6 is 22.7 Å². The second kappa shape index (κ2) is 2.93. The number of thiophene rings is 1. The smallest absolute Gasteiger partial charge is 0.124 e. The van der Waals surface area contributed by atoms with Gasteiger partial charge in [-0.15, -0.1) is 11.3 Å². The van der Waals surface area contributed by atoms with Crippen LogP contribution in [0.15, 0.2) is 22.2 Å². The molecule has 2 aromatic heterocycles. The molecule has 1 saturated carbocycles. The third kappa shape index (κ3) is 1.42. The van der Waals surface area contributed by atoms with Crippen molar-refractivity contribution >= 4 is 22.7 Å². The Labute approximate surface area is 85.1 Å². The van der Waals surface area contributed by atoms with Crippen LogP contribution in [0.2, 0.25) is 0 Å². The summed E-state index contributed by atoms with van der Waals surface area (Å²) in [6.07, 6.45) is 2.68. The van der Waals surface area contributed by atoms with Crippen LogP contribution in [-0.2, 0) is 0 Å². The highest BCUT2D eigenvalue weighted by Crippen LogP contribution is 2.41. The fraction of sp³-hybridized carbons (Fsp3) is 0.300. The minimum Gasteiger partial charge on any atom is -0.241 e. The van der Waals surface area contributed by atoms with Crippen molar-refractivity contribution in [3.63, 3.8) is 0 Å². The molecule has 1 fully saturated rings. The van der Waals surface area contributed by atoms with Gasteiger partial charge < -0.3 is 0 Å². The molecule has 1 nitrogen and oxygen atoms in total. The van der Waals surface area contributed by atoms with E-state index in [1.807, 2.05) is 0 Å². The van der Waals surface area contributed by atoms with E-state index in [0.717, 1.165) is 5.92 Å². The Hall–Kier alpha value is -0.670. The van der Waals surface area contributed by atoms with Gasteiger partial charge >= 0.3 is 0 Å². The van der Waals surface area contributed by atoms with Gasteiger partial charge in [-0.05, 0) is 24.3 Å². The Morgan fingerprint density at radius 2 is 2.23 bits per heavy atom. The standard InChI is InChI=1S/C10H9NS2/c1-2-7(1)9-6-13-10(11-9)8-3-4-12-5-8/h3-7H,1-2H2. The van der Waals surface area contributed by atoms with E-state index in [-0.39, 0.29) is 0 Å². The molecule has 1 aliphatic carbocycles. The second-order valence-electron chi connectivity index (χ2n) is 3.36. The summed E-state index contributed by atoms with van der Waals surface area (Å²) in [5, 5.41) is 7.66. The van der Waals surface area contributed by atoms with Crippen molar-refractivity contribution in [2.75, 3.05) is 0 Å². The van der Waals surface area contributed by atoms with Crippen molar-refractivity contribution < 1.29 is 0 Å². The predicted octanol–water partition coefficient (Wildman–Crippen LogP) is 3.75. The summed E-state index contributed by atoms with van der Waals surface area (Å²) in [6, 6.07) is 2.14. The van der Waals surface area contributed by atoms with E-state index < -0.39 is 0 Å². The van der Waals surface area contributed by atoms with Gasteiger partial charge in [0.25, 0.3) is 0 Å². The summed E-state index contributed by atoms with van der Waals surface area (Å²) in [6.45, 7) is 0. The highest BCUT2D eigenvalue weighted by atomic mass is 32.1. The average Bonchev–Trinajstić information content (AvgIpc) is 2.72. The molecule has 0 amide bonds. The molecule has 3 heteroatoms. The zero-order chi connectivity index (χ0) is 8.67. The normalized spacial score (nSPS) is 16.3. The molecular weight excluding hydrogens is 198 g/mol. The van der Waals surface area contributed by atoms with Gasteiger partial charge in [-0.25, -0.2) is 4.98 Å². The van der Waals surface area contributed by atoms with Crippen LogP contribution in [0.3, 0.4) is 0 Å². The number of hydrogen-bond donors (Lipinski definition) is 0. The Morgan fingerprint density at radius 1 is 1.31 bits per heavy atom. The summed E-state index contributed by atoms with van der Waals surface area (Å²) < 4.78 is 0. The van der Waals surface area contributed by atoms with Gasteiger partial charge in [0.15, 0.2) is 0 Å². The van der Waals surface area contributed by atoms with Gasteiger partial charge in [0.1, 0.15) is 5.01 Å². The van der Waals surface area contributed by atoms with Crippen LogP contribution in [0, 0.1) is 0 Å². The third-order valence-electron chi connectivity index (χ3n) is 2.29. The topological polar surface area (TPSA) is 12.9 Å². The molecule has 13 heavy (non-hydrogen) atoms. The first-order valence-corrected chi connectivity index (χ1v) is 6.24. The SMILES string of the molecule is c1cc(-c2nc(C3CC3)cs2)cs1. The number of thiazole rings is 1. The quantitative estimate of drug-likeness (QED) is 0.731. The van der Waals surface area contributed by atoms with Crippen molar-refractivity contribution in [1.82, 2.24) is 4.98 Å². The molecule has 0 atom stereocenters. The highest BCUT2D eigenvalue weighted by molar-refractivity contribution is 7.14. The van der Waals surface area contributed by atoms with E-state index in [9.17, 15) is 0 Å². The van der Waals surface area contributed by atoms with Crippen molar-refractivity contribution in [3.05, 3.63) is 27.9 Å². The lowest BCUT2D eigenvalue weighted by molar-refractivity contribution is 1.05. The van der Waals surface area contributed by atoms with Gasteiger partial charge in [0, 0.05) is 22.2 Å². The number of hydrogen-bond acceptors (Lipinski definition) is 3. The Bertz CT molecular complexity index is 398. The molecule has 0 saturated heterocycles. The molecule has 0 aromatic carbocycles. The third-order valence-corrected chi connectivity index (χ3v) is 3.88. The minimum atomic E-state index is 0.781. The molecule has 0 bridgehead atoms. The van der Waals surface area contributed by atoms with E-state index >= 15 is 0 Å². The first-order valence-electron chi connectivity index (χ1n) is 4.41. The minimum absolute atomic E-state index is 0.781. The molecular formula is C10H9NS2. The fourth-order valence-corrected chi connectivity index (χ4v) is 2.99. The van der Waals surface area contributed by atoms with Crippen LogP contribution in [0.5, 0.6) is 0 Å². The lowest BCUT2D eigenvalue weighted by Gasteiger charge is -1.88. The Balaban J connectivity index is 1.97. The maximum Gasteiger partial charge on any atom is 0.124 e. The Kier molecular flexibility index (Phi) is 1.73. The van der Waals surface area contributed by atoms with Crippen LogP contribution < -0.4 is 0 Å². The molecule has 1 aliphatic rings. The van der Waals surface area contributed by atoms with E-state index in [4.69, 9.17) is 0 Å². The molecule has 0 unspecified atom stereocenters. The van der Waals surface area contributed by atoms with Gasteiger partial charge in [-0.3, -0.25) is 0 Å². The maximum atomic E-state index is 4.64. The zero-order valence-electron chi connectivity index (χ0n) is 7.06. The second-order valence-corrected chi connectivity index (χ2v) is 5.00. The molecule has 66 valence electrons. The summed E-state index contributed by atoms with van der Waals surface area (Å²) in [4.78, 5) is 4.64. The molecule has 0 aliphatic heterocycles. The molecule has 2 aromatic rings. The van der Waals surface area contributed by atoms with Crippen LogP contribution in [0.4, 0.5) is 0 Å². The van der Waals surface area contributed by atoms with E-state index in [1.165, 1.54) is 29.1 Å². The summed E-state index contributed by atoms with van der Waals surface area (Å²) in [5.74, 6) is 0.781. The number of aromatic nitrogens is 1. The van der Waals surface area contributed by atoms with E-state index in [1.54, 1.807) is 22.7 Å². The summed E-state index contributed by atoms with van der Waals surface area (Å²) >= 11 is 3.51.